The minimum absolute atomic E-state index is 0.0344. The number of aromatic carboxylic acids is 1. The summed E-state index contributed by atoms with van der Waals surface area (Å²) in [5.74, 6) is -1.27. The fraction of sp³-hybridized carbons (Fsp3) is 0.538. The van der Waals surface area contributed by atoms with Crippen LogP contribution in [0.1, 0.15) is 42.5 Å². The number of rotatable bonds is 5. The average Bonchev–Trinajstić information content (AvgIpc) is 2.45. The van der Waals surface area contributed by atoms with Gasteiger partial charge in [0.15, 0.2) is 0 Å². The van der Waals surface area contributed by atoms with Crippen LogP contribution in [-0.2, 0) is 0 Å². The van der Waals surface area contributed by atoms with Gasteiger partial charge in [-0.3, -0.25) is 10.1 Å². The first-order valence-electron chi connectivity index (χ1n) is 6.75. The molecule has 1 heterocycles. The summed E-state index contributed by atoms with van der Waals surface area (Å²) in [5, 5.41) is 32.9. The number of hydrogen-bond acceptors (Lipinski definition) is 6. The molecule has 8 nitrogen and oxygen atoms in total. The standard InChI is InChI=1S/C13H17N3O5/c17-12(18)10-6-9(16(20)21)7-14-11(10)15-8-13(19)4-2-1-3-5-13/h6-7,19H,1-5,8H2,(H,14,15)(H,17,18). The number of hydrogen-bond donors (Lipinski definition) is 3. The van der Waals surface area contributed by atoms with E-state index < -0.39 is 16.5 Å². The molecular formula is C13H17N3O5. The Labute approximate surface area is 121 Å². The lowest BCUT2D eigenvalue weighted by Crippen LogP contribution is -2.39. The number of pyridine rings is 1. The van der Waals surface area contributed by atoms with Crippen LogP contribution >= 0.6 is 0 Å². The van der Waals surface area contributed by atoms with Crippen molar-refractivity contribution >= 4 is 17.5 Å². The number of aliphatic hydroxyl groups is 1. The highest BCUT2D eigenvalue weighted by Crippen LogP contribution is 2.28. The van der Waals surface area contributed by atoms with Gasteiger partial charge >= 0.3 is 5.97 Å². The van der Waals surface area contributed by atoms with Crippen molar-refractivity contribution in [3.8, 4) is 0 Å². The molecular weight excluding hydrogens is 278 g/mol. The van der Waals surface area contributed by atoms with Crippen LogP contribution in [0.25, 0.3) is 0 Å². The first kappa shape index (κ1) is 15.2. The molecule has 0 radical (unpaired) electrons. The number of aromatic nitrogens is 1. The Balaban J connectivity index is 2.15. The third-order valence-electron chi connectivity index (χ3n) is 3.68. The summed E-state index contributed by atoms with van der Waals surface area (Å²) in [6.45, 7) is 0.179. The largest absolute Gasteiger partial charge is 0.478 e. The van der Waals surface area contributed by atoms with Crippen LogP contribution in [0.3, 0.4) is 0 Å². The van der Waals surface area contributed by atoms with Gasteiger partial charge in [0.2, 0.25) is 0 Å². The monoisotopic (exact) mass is 295 g/mol. The smallest absolute Gasteiger partial charge is 0.339 e. The Morgan fingerprint density at radius 1 is 1.43 bits per heavy atom. The number of anilines is 1. The highest BCUT2D eigenvalue weighted by atomic mass is 16.6. The molecule has 0 spiro atoms. The van der Waals surface area contributed by atoms with Gasteiger partial charge in [-0.15, -0.1) is 0 Å². The molecule has 2 rings (SSSR count). The zero-order valence-corrected chi connectivity index (χ0v) is 11.4. The number of nitro groups is 1. The first-order valence-corrected chi connectivity index (χ1v) is 6.75. The summed E-state index contributed by atoms with van der Waals surface area (Å²) < 4.78 is 0. The van der Waals surface area contributed by atoms with Crippen LogP contribution in [0.5, 0.6) is 0 Å². The van der Waals surface area contributed by atoms with E-state index in [0.29, 0.717) is 12.8 Å². The van der Waals surface area contributed by atoms with E-state index in [0.717, 1.165) is 31.5 Å². The normalized spacial score (nSPS) is 17.2. The molecule has 0 aromatic carbocycles. The minimum Gasteiger partial charge on any atom is -0.478 e. The van der Waals surface area contributed by atoms with Crippen LogP contribution in [0.2, 0.25) is 0 Å². The summed E-state index contributed by atoms with van der Waals surface area (Å²) in [4.78, 5) is 24.9. The van der Waals surface area contributed by atoms with Crippen LogP contribution < -0.4 is 5.32 Å². The molecule has 21 heavy (non-hydrogen) atoms. The van der Waals surface area contributed by atoms with Crippen molar-refractivity contribution in [1.29, 1.82) is 0 Å². The average molecular weight is 295 g/mol. The molecule has 0 aliphatic heterocycles. The van der Waals surface area contributed by atoms with Crippen LogP contribution in [0, 0.1) is 10.1 Å². The second-order valence-corrected chi connectivity index (χ2v) is 5.29. The molecule has 0 atom stereocenters. The van der Waals surface area contributed by atoms with Gasteiger partial charge < -0.3 is 15.5 Å². The first-order chi connectivity index (χ1) is 9.91. The molecule has 0 saturated heterocycles. The third-order valence-corrected chi connectivity index (χ3v) is 3.68. The lowest BCUT2D eigenvalue weighted by atomic mass is 9.85. The van der Waals surface area contributed by atoms with Gasteiger partial charge in [-0.1, -0.05) is 19.3 Å². The van der Waals surface area contributed by atoms with E-state index >= 15 is 0 Å². The predicted molar refractivity (Wildman–Crippen MR) is 74.4 cm³/mol. The molecule has 1 aromatic heterocycles. The van der Waals surface area contributed by atoms with E-state index in [1.165, 1.54) is 0 Å². The highest BCUT2D eigenvalue weighted by Gasteiger charge is 2.29. The van der Waals surface area contributed by atoms with Gasteiger partial charge in [-0.05, 0) is 12.8 Å². The number of carbonyl (C=O) groups is 1. The molecule has 1 aliphatic carbocycles. The summed E-state index contributed by atoms with van der Waals surface area (Å²) in [5.41, 5.74) is -1.53. The van der Waals surface area contributed by atoms with Crippen LogP contribution in [0.15, 0.2) is 12.3 Å². The van der Waals surface area contributed by atoms with E-state index in [4.69, 9.17) is 5.11 Å². The van der Waals surface area contributed by atoms with E-state index in [-0.39, 0.29) is 23.6 Å². The third kappa shape index (κ3) is 3.66. The molecule has 1 saturated carbocycles. The second-order valence-electron chi connectivity index (χ2n) is 5.29. The van der Waals surface area contributed by atoms with Gasteiger partial charge in [0, 0.05) is 12.6 Å². The summed E-state index contributed by atoms with van der Waals surface area (Å²) >= 11 is 0. The Morgan fingerprint density at radius 3 is 2.67 bits per heavy atom. The SMILES string of the molecule is O=C(O)c1cc([N+](=O)[O-])cnc1NCC1(O)CCCCC1. The Kier molecular flexibility index (Phi) is 4.37. The van der Waals surface area contributed by atoms with Gasteiger partial charge in [0.25, 0.3) is 5.69 Å². The van der Waals surface area contributed by atoms with Crippen molar-refractivity contribution in [3.05, 3.63) is 27.9 Å². The molecule has 114 valence electrons. The molecule has 1 fully saturated rings. The maximum atomic E-state index is 11.2. The summed E-state index contributed by atoms with van der Waals surface area (Å²) in [7, 11) is 0. The van der Waals surface area contributed by atoms with Crippen molar-refractivity contribution in [3.63, 3.8) is 0 Å². The molecule has 0 bridgehead atoms. The second kappa shape index (κ2) is 6.04. The number of carboxylic acid groups (broad SMARTS) is 1. The van der Waals surface area contributed by atoms with E-state index in [1.807, 2.05) is 0 Å². The van der Waals surface area contributed by atoms with Crippen molar-refractivity contribution in [1.82, 2.24) is 4.98 Å². The van der Waals surface area contributed by atoms with Crippen molar-refractivity contribution < 1.29 is 19.9 Å². The number of nitrogens with one attached hydrogen (secondary N) is 1. The zero-order valence-electron chi connectivity index (χ0n) is 11.4. The quantitative estimate of drug-likeness (QED) is 0.558. The Bertz CT molecular complexity index is 555. The van der Waals surface area contributed by atoms with E-state index in [9.17, 15) is 20.0 Å². The maximum absolute atomic E-state index is 11.2. The lowest BCUT2D eigenvalue weighted by Gasteiger charge is -2.32. The summed E-state index contributed by atoms with van der Waals surface area (Å²) in [6, 6.07) is 0.961. The topological polar surface area (TPSA) is 126 Å². The summed E-state index contributed by atoms with van der Waals surface area (Å²) in [6.07, 6.45) is 5.23. The molecule has 0 unspecified atom stereocenters. The van der Waals surface area contributed by atoms with E-state index in [2.05, 4.69) is 10.3 Å². The lowest BCUT2D eigenvalue weighted by molar-refractivity contribution is -0.385. The molecule has 8 heteroatoms. The predicted octanol–water partition coefficient (Wildman–Crippen LogP) is 1.80. The van der Waals surface area contributed by atoms with Gasteiger partial charge in [-0.25, -0.2) is 9.78 Å². The molecule has 1 aromatic rings. The van der Waals surface area contributed by atoms with Gasteiger partial charge in [0.05, 0.1) is 10.5 Å². The van der Waals surface area contributed by atoms with Crippen LogP contribution in [-0.4, -0.2) is 38.2 Å². The minimum atomic E-state index is -1.30. The molecule has 1 aliphatic rings. The fourth-order valence-corrected chi connectivity index (χ4v) is 2.49. The van der Waals surface area contributed by atoms with Crippen LogP contribution in [0.4, 0.5) is 11.5 Å². The van der Waals surface area contributed by atoms with Gasteiger partial charge in [0.1, 0.15) is 17.6 Å². The van der Waals surface area contributed by atoms with E-state index in [1.54, 1.807) is 0 Å². The Morgan fingerprint density at radius 2 is 2.10 bits per heavy atom. The molecule has 0 amide bonds. The van der Waals surface area contributed by atoms with Gasteiger partial charge in [-0.2, -0.15) is 0 Å². The number of nitrogens with zero attached hydrogens (tertiary/aromatic N) is 2. The van der Waals surface area contributed by atoms with Crippen molar-refractivity contribution in [2.45, 2.75) is 37.7 Å². The zero-order chi connectivity index (χ0) is 15.5. The van der Waals surface area contributed by atoms with Crippen molar-refractivity contribution in [2.75, 3.05) is 11.9 Å². The Hall–Kier alpha value is -2.22. The number of carboxylic acids is 1. The molecule has 3 N–H and O–H groups in total. The highest BCUT2D eigenvalue weighted by molar-refractivity contribution is 5.93. The maximum Gasteiger partial charge on any atom is 0.339 e. The van der Waals surface area contributed by atoms with Crippen molar-refractivity contribution in [2.24, 2.45) is 0 Å². The fourth-order valence-electron chi connectivity index (χ4n) is 2.49.